The number of carbonyl (C=O) groups is 2. The van der Waals surface area contributed by atoms with E-state index in [-0.39, 0.29) is 11.3 Å². The van der Waals surface area contributed by atoms with E-state index < -0.39 is 11.9 Å². The SMILES string of the molecule is Cc1nn(Cc2ccc(C(=O)Nc3cccc(C(=O)[O-])c3)o2)c(C)c1Cl. The minimum Gasteiger partial charge on any atom is -0.545 e. The first-order valence-corrected chi connectivity index (χ1v) is 8.14. The molecule has 0 radical (unpaired) electrons. The Morgan fingerprint density at radius 2 is 2.04 bits per heavy atom. The van der Waals surface area contributed by atoms with Gasteiger partial charge in [0.2, 0.25) is 0 Å². The molecule has 7 nitrogen and oxygen atoms in total. The van der Waals surface area contributed by atoms with Crippen molar-refractivity contribution in [2.75, 3.05) is 5.32 Å². The largest absolute Gasteiger partial charge is 0.545 e. The van der Waals surface area contributed by atoms with Gasteiger partial charge in [-0.05, 0) is 43.7 Å². The van der Waals surface area contributed by atoms with Crippen LogP contribution in [0, 0.1) is 13.8 Å². The third kappa shape index (κ3) is 3.62. The van der Waals surface area contributed by atoms with Gasteiger partial charge in [-0.1, -0.05) is 23.7 Å². The Morgan fingerprint density at radius 3 is 2.69 bits per heavy atom. The number of hydrogen-bond donors (Lipinski definition) is 1. The highest BCUT2D eigenvalue weighted by molar-refractivity contribution is 6.31. The van der Waals surface area contributed by atoms with Crippen LogP contribution in [0.15, 0.2) is 40.8 Å². The van der Waals surface area contributed by atoms with Crippen LogP contribution >= 0.6 is 11.6 Å². The number of halogens is 1. The minimum absolute atomic E-state index is 0.0238. The van der Waals surface area contributed by atoms with Gasteiger partial charge in [0.25, 0.3) is 5.91 Å². The molecule has 0 aliphatic heterocycles. The number of benzene rings is 1. The Kier molecular flexibility index (Phi) is 4.81. The van der Waals surface area contributed by atoms with Crippen LogP contribution in [0.1, 0.15) is 38.1 Å². The first kappa shape index (κ1) is 17.8. The number of nitrogens with zero attached hydrogens (tertiary/aromatic N) is 2. The Balaban J connectivity index is 1.73. The van der Waals surface area contributed by atoms with E-state index in [4.69, 9.17) is 16.0 Å². The number of rotatable bonds is 5. The first-order chi connectivity index (χ1) is 12.3. The summed E-state index contributed by atoms with van der Waals surface area (Å²) in [6.07, 6.45) is 0. The number of aryl methyl sites for hydroxylation is 1. The van der Waals surface area contributed by atoms with Crippen molar-refractivity contribution in [2.45, 2.75) is 20.4 Å². The Labute approximate surface area is 154 Å². The molecule has 0 aliphatic rings. The van der Waals surface area contributed by atoms with Crippen LogP contribution in [0.4, 0.5) is 5.69 Å². The number of nitrogens with one attached hydrogen (secondary N) is 1. The fourth-order valence-electron chi connectivity index (χ4n) is 2.48. The molecule has 3 aromatic rings. The molecule has 0 saturated carbocycles. The van der Waals surface area contributed by atoms with Crippen LogP contribution in [-0.4, -0.2) is 21.7 Å². The fraction of sp³-hybridized carbons (Fsp3) is 0.167. The quantitative estimate of drug-likeness (QED) is 0.741. The smallest absolute Gasteiger partial charge is 0.291 e. The van der Waals surface area contributed by atoms with Gasteiger partial charge in [0.05, 0.1) is 28.9 Å². The molecule has 8 heteroatoms. The first-order valence-electron chi connectivity index (χ1n) is 7.76. The lowest BCUT2D eigenvalue weighted by atomic mass is 10.2. The van der Waals surface area contributed by atoms with E-state index in [2.05, 4.69) is 10.4 Å². The van der Waals surface area contributed by atoms with Crippen molar-refractivity contribution >= 4 is 29.2 Å². The second-order valence-corrected chi connectivity index (χ2v) is 6.11. The molecule has 0 atom stereocenters. The number of amides is 1. The summed E-state index contributed by atoms with van der Waals surface area (Å²) in [6.45, 7) is 4.00. The lowest BCUT2D eigenvalue weighted by Gasteiger charge is -2.07. The molecule has 0 spiro atoms. The summed E-state index contributed by atoms with van der Waals surface area (Å²) in [6, 6.07) is 9.01. The van der Waals surface area contributed by atoms with Gasteiger partial charge in [-0.2, -0.15) is 5.10 Å². The Morgan fingerprint density at radius 1 is 1.27 bits per heavy atom. The number of carbonyl (C=O) groups excluding carboxylic acids is 2. The highest BCUT2D eigenvalue weighted by atomic mass is 35.5. The van der Waals surface area contributed by atoms with Crippen LogP contribution in [0.3, 0.4) is 0 Å². The highest BCUT2D eigenvalue weighted by Crippen LogP contribution is 2.21. The highest BCUT2D eigenvalue weighted by Gasteiger charge is 2.14. The second kappa shape index (κ2) is 7.05. The Bertz CT molecular complexity index is 990. The van der Waals surface area contributed by atoms with Crippen molar-refractivity contribution in [2.24, 2.45) is 0 Å². The lowest BCUT2D eigenvalue weighted by Crippen LogP contribution is -2.22. The summed E-state index contributed by atoms with van der Waals surface area (Å²) in [5.74, 6) is -1.16. The zero-order valence-corrected chi connectivity index (χ0v) is 14.8. The monoisotopic (exact) mass is 372 g/mol. The number of carboxylic acids is 1. The molecule has 0 bridgehead atoms. The number of aromatic carboxylic acids is 1. The van der Waals surface area contributed by atoms with Gasteiger partial charge >= 0.3 is 0 Å². The summed E-state index contributed by atoms with van der Waals surface area (Å²) in [5.41, 5.74) is 1.84. The molecule has 0 aliphatic carbocycles. The van der Waals surface area contributed by atoms with Gasteiger partial charge in [0, 0.05) is 5.69 Å². The number of hydrogen-bond acceptors (Lipinski definition) is 5. The predicted molar refractivity (Wildman–Crippen MR) is 93.2 cm³/mol. The molecule has 1 N–H and O–H groups in total. The van der Waals surface area contributed by atoms with Gasteiger partial charge in [-0.25, -0.2) is 0 Å². The maximum Gasteiger partial charge on any atom is 0.291 e. The van der Waals surface area contributed by atoms with Crippen molar-refractivity contribution in [3.05, 3.63) is 69.9 Å². The molecular formula is C18H15ClN3O4-. The zero-order valence-electron chi connectivity index (χ0n) is 14.1. The van der Waals surface area contributed by atoms with Crippen LogP contribution in [0.2, 0.25) is 5.02 Å². The van der Waals surface area contributed by atoms with Gasteiger partial charge < -0.3 is 19.6 Å². The molecule has 2 aromatic heterocycles. The van der Waals surface area contributed by atoms with Crippen molar-refractivity contribution in [1.82, 2.24) is 9.78 Å². The molecule has 0 saturated heterocycles. The number of carboxylic acid groups (broad SMARTS) is 1. The average molecular weight is 373 g/mol. The van der Waals surface area contributed by atoms with Gasteiger partial charge in [-0.15, -0.1) is 0 Å². The van der Waals surface area contributed by atoms with E-state index in [0.29, 0.717) is 23.0 Å². The molecule has 26 heavy (non-hydrogen) atoms. The van der Waals surface area contributed by atoms with E-state index in [0.717, 1.165) is 11.4 Å². The molecule has 0 unspecified atom stereocenters. The second-order valence-electron chi connectivity index (χ2n) is 5.73. The number of anilines is 1. The van der Waals surface area contributed by atoms with Gasteiger partial charge in [0.1, 0.15) is 5.76 Å². The van der Waals surface area contributed by atoms with E-state index in [1.165, 1.54) is 18.2 Å². The van der Waals surface area contributed by atoms with Crippen LogP contribution in [0.5, 0.6) is 0 Å². The zero-order chi connectivity index (χ0) is 18.8. The summed E-state index contributed by atoms with van der Waals surface area (Å²) in [4.78, 5) is 23.2. The van der Waals surface area contributed by atoms with E-state index in [1.807, 2.05) is 13.8 Å². The topological polar surface area (TPSA) is 100 Å². The maximum absolute atomic E-state index is 12.3. The summed E-state index contributed by atoms with van der Waals surface area (Å²) in [7, 11) is 0. The molecule has 0 fully saturated rings. The molecule has 134 valence electrons. The van der Waals surface area contributed by atoms with E-state index in [1.54, 1.807) is 22.9 Å². The molecule has 2 heterocycles. The third-order valence-corrected chi connectivity index (χ3v) is 4.39. The summed E-state index contributed by atoms with van der Waals surface area (Å²) >= 11 is 6.12. The lowest BCUT2D eigenvalue weighted by molar-refractivity contribution is -0.255. The molecule has 1 aromatic carbocycles. The summed E-state index contributed by atoms with van der Waals surface area (Å²) < 4.78 is 7.25. The number of aromatic nitrogens is 2. The predicted octanol–water partition coefficient (Wildman–Crippen LogP) is 2.41. The third-order valence-electron chi connectivity index (χ3n) is 3.84. The van der Waals surface area contributed by atoms with Crippen molar-refractivity contribution in [3.63, 3.8) is 0 Å². The van der Waals surface area contributed by atoms with E-state index in [9.17, 15) is 14.7 Å². The van der Waals surface area contributed by atoms with Gasteiger partial charge in [0.15, 0.2) is 5.76 Å². The van der Waals surface area contributed by atoms with Crippen LogP contribution in [-0.2, 0) is 6.54 Å². The normalized spacial score (nSPS) is 10.7. The van der Waals surface area contributed by atoms with Crippen molar-refractivity contribution < 1.29 is 19.1 Å². The van der Waals surface area contributed by atoms with E-state index >= 15 is 0 Å². The molecular weight excluding hydrogens is 358 g/mol. The molecule has 3 rings (SSSR count). The van der Waals surface area contributed by atoms with Gasteiger partial charge in [-0.3, -0.25) is 9.48 Å². The minimum atomic E-state index is -1.31. The maximum atomic E-state index is 12.3. The standard InChI is InChI=1S/C18H16ClN3O4/c1-10-16(19)11(2)22(21-10)9-14-6-7-15(26-14)17(23)20-13-5-3-4-12(8-13)18(24)25/h3-8H,9H2,1-2H3,(H,20,23)(H,24,25)/p-1. The van der Waals surface area contributed by atoms with Crippen LogP contribution in [0.25, 0.3) is 0 Å². The fourth-order valence-corrected chi connectivity index (χ4v) is 2.61. The number of furan rings is 1. The molecule has 1 amide bonds. The van der Waals surface area contributed by atoms with Crippen molar-refractivity contribution in [3.8, 4) is 0 Å². The van der Waals surface area contributed by atoms with Crippen molar-refractivity contribution in [1.29, 1.82) is 0 Å². The Hall–Kier alpha value is -3.06. The summed E-state index contributed by atoms with van der Waals surface area (Å²) in [5, 5.41) is 18.4. The van der Waals surface area contributed by atoms with Crippen LogP contribution < -0.4 is 10.4 Å². The average Bonchev–Trinajstić information content (AvgIpc) is 3.17.